The molecule has 4 heteroatoms. The first-order valence-electron chi connectivity index (χ1n) is 7.22. The smallest absolute Gasteiger partial charge is 0.170 e. The molecule has 1 atom stereocenters. The van der Waals surface area contributed by atoms with Crippen LogP contribution in [0.1, 0.15) is 43.0 Å². The van der Waals surface area contributed by atoms with Gasteiger partial charge in [-0.2, -0.15) is 0 Å². The van der Waals surface area contributed by atoms with Crippen LogP contribution in [0.5, 0.6) is 5.75 Å². The Morgan fingerprint density at radius 1 is 1.50 bits per heavy atom. The number of rotatable bonds is 5. The van der Waals surface area contributed by atoms with Gasteiger partial charge in [-0.25, -0.2) is 4.39 Å². The zero-order valence-corrected chi connectivity index (χ0v) is 12.2. The second-order valence-electron chi connectivity index (χ2n) is 5.49. The Hall–Kier alpha value is -1.42. The molecular formula is C16H22FNO2. The minimum atomic E-state index is -0.478. The highest BCUT2D eigenvalue weighted by molar-refractivity contribution is 6.01. The molecule has 3 nitrogen and oxygen atoms in total. The van der Waals surface area contributed by atoms with Crippen molar-refractivity contribution in [2.45, 2.75) is 32.6 Å². The average Bonchev–Trinajstić information content (AvgIpc) is 2.47. The van der Waals surface area contributed by atoms with Crippen LogP contribution in [-0.4, -0.2) is 26.0 Å². The maximum atomic E-state index is 13.8. The standard InChI is InChI=1S/C16H22FNO2/c1-3-7-16(8-4-9-18-11-16)15(19)12-5-6-14(20-2)13(17)10-12/h5-6,10,18H,3-4,7-9,11H2,1-2H3. The summed E-state index contributed by atoms with van der Waals surface area (Å²) in [5.74, 6) is -0.255. The SMILES string of the molecule is CCCC1(C(=O)c2ccc(OC)c(F)c2)CCCNC1. The molecule has 20 heavy (non-hydrogen) atoms. The fourth-order valence-electron chi connectivity index (χ4n) is 3.08. The molecule has 1 saturated heterocycles. The van der Waals surface area contributed by atoms with Gasteiger partial charge < -0.3 is 10.1 Å². The number of Topliss-reactive ketones (excluding diaryl/α,β-unsaturated/α-hetero) is 1. The number of nitrogens with one attached hydrogen (secondary N) is 1. The van der Waals surface area contributed by atoms with Gasteiger partial charge in [-0.3, -0.25) is 4.79 Å². The van der Waals surface area contributed by atoms with Crippen LogP contribution in [0, 0.1) is 11.2 Å². The van der Waals surface area contributed by atoms with Crippen LogP contribution in [0.3, 0.4) is 0 Å². The van der Waals surface area contributed by atoms with Crippen molar-refractivity contribution in [1.82, 2.24) is 5.32 Å². The van der Waals surface area contributed by atoms with E-state index in [1.807, 2.05) is 0 Å². The number of halogens is 1. The Balaban J connectivity index is 2.29. The maximum Gasteiger partial charge on any atom is 0.170 e. The summed E-state index contributed by atoms with van der Waals surface area (Å²) in [6, 6.07) is 4.49. The van der Waals surface area contributed by atoms with Crippen molar-refractivity contribution in [2.75, 3.05) is 20.2 Å². The molecule has 0 aromatic heterocycles. The lowest BCUT2D eigenvalue weighted by Gasteiger charge is -2.36. The third-order valence-corrected chi connectivity index (χ3v) is 4.10. The minimum absolute atomic E-state index is 0.0492. The number of ketones is 1. The molecule has 0 aliphatic carbocycles. The summed E-state index contributed by atoms with van der Waals surface area (Å²) in [5, 5.41) is 3.31. The van der Waals surface area contributed by atoms with Gasteiger partial charge in [0.25, 0.3) is 0 Å². The Morgan fingerprint density at radius 3 is 2.85 bits per heavy atom. The summed E-state index contributed by atoms with van der Waals surface area (Å²) in [7, 11) is 1.42. The van der Waals surface area contributed by atoms with E-state index in [4.69, 9.17) is 4.74 Å². The second kappa shape index (κ2) is 6.35. The van der Waals surface area contributed by atoms with Crippen LogP contribution in [0.2, 0.25) is 0 Å². The quantitative estimate of drug-likeness (QED) is 0.841. The van der Waals surface area contributed by atoms with E-state index >= 15 is 0 Å². The van der Waals surface area contributed by atoms with Crippen LogP contribution < -0.4 is 10.1 Å². The Morgan fingerprint density at radius 2 is 2.30 bits per heavy atom. The molecule has 2 rings (SSSR count). The first-order chi connectivity index (χ1) is 9.63. The summed E-state index contributed by atoms with van der Waals surface area (Å²) in [5.41, 5.74) is 0.0639. The number of hydrogen-bond donors (Lipinski definition) is 1. The van der Waals surface area contributed by atoms with E-state index in [1.54, 1.807) is 6.07 Å². The number of carbonyl (C=O) groups excluding carboxylic acids is 1. The van der Waals surface area contributed by atoms with Crippen molar-refractivity contribution >= 4 is 5.78 Å². The van der Waals surface area contributed by atoms with Crippen molar-refractivity contribution in [1.29, 1.82) is 0 Å². The molecule has 1 unspecified atom stereocenters. The van der Waals surface area contributed by atoms with Crippen LogP contribution in [-0.2, 0) is 0 Å². The Labute approximate surface area is 119 Å². The highest BCUT2D eigenvalue weighted by Crippen LogP contribution is 2.36. The third kappa shape index (κ3) is 2.85. The van der Waals surface area contributed by atoms with E-state index in [-0.39, 0.29) is 16.9 Å². The molecule has 0 saturated carbocycles. The number of carbonyl (C=O) groups is 1. The van der Waals surface area contributed by atoms with Gasteiger partial charge in [0.1, 0.15) is 0 Å². The highest BCUT2D eigenvalue weighted by Gasteiger charge is 2.39. The summed E-state index contributed by atoms with van der Waals surface area (Å²) >= 11 is 0. The topological polar surface area (TPSA) is 38.3 Å². The zero-order chi connectivity index (χ0) is 14.6. The van der Waals surface area contributed by atoms with E-state index in [0.29, 0.717) is 12.1 Å². The van der Waals surface area contributed by atoms with Gasteiger partial charge in [0.05, 0.1) is 7.11 Å². The molecule has 1 aliphatic rings. The minimum Gasteiger partial charge on any atom is -0.494 e. The van der Waals surface area contributed by atoms with Gasteiger partial charge in [-0.15, -0.1) is 0 Å². The average molecular weight is 279 g/mol. The lowest BCUT2D eigenvalue weighted by atomic mass is 9.71. The van der Waals surface area contributed by atoms with Crippen LogP contribution in [0.25, 0.3) is 0 Å². The summed E-state index contributed by atoms with van der Waals surface area (Å²) in [4.78, 5) is 12.8. The molecule has 0 radical (unpaired) electrons. The van der Waals surface area contributed by atoms with Crippen molar-refractivity contribution in [2.24, 2.45) is 5.41 Å². The maximum absolute atomic E-state index is 13.8. The first-order valence-corrected chi connectivity index (χ1v) is 7.22. The predicted molar refractivity (Wildman–Crippen MR) is 76.7 cm³/mol. The second-order valence-corrected chi connectivity index (χ2v) is 5.49. The van der Waals surface area contributed by atoms with Crippen LogP contribution in [0.15, 0.2) is 18.2 Å². The summed E-state index contributed by atoms with van der Waals surface area (Å²) < 4.78 is 18.7. The Bertz CT molecular complexity index is 476. The predicted octanol–water partition coefficient (Wildman–Crippen LogP) is 3.19. The number of hydrogen-bond acceptors (Lipinski definition) is 3. The molecule has 110 valence electrons. The molecular weight excluding hydrogens is 257 g/mol. The molecule has 0 bridgehead atoms. The van der Waals surface area contributed by atoms with Gasteiger partial charge in [0, 0.05) is 17.5 Å². The van der Waals surface area contributed by atoms with Gasteiger partial charge in [0.15, 0.2) is 17.3 Å². The molecule has 0 spiro atoms. The molecule has 1 heterocycles. The fourth-order valence-corrected chi connectivity index (χ4v) is 3.08. The Kier molecular flexibility index (Phi) is 4.76. The van der Waals surface area contributed by atoms with E-state index in [0.717, 1.165) is 32.2 Å². The molecule has 1 fully saturated rings. The molecule has 0 amide bonds. The van der Waals surface area contributed by atoms with E-state index < -0.39 is 5.82 Å². The van der Waals surface area contributed by atoms with Crippen LogP contribution in [0.4, 0.5) is 4.39 Å². The lowest BCUT2D eigenvalue weighted by molar-refractivity contribution is 0.0717. The van der Waals surface area contributed by atoms with E-state index in [9.17, 15) is 9.18 Å². The van der Waals surface area contributed by atoms with Crippen molar-refractivity contribution < 1.29 is 13.9 Å². The molecule has 1 aromatic rings. The summed E-state index contributed by atoms with van der Waals surface area (Å²) in [6.07, 6.45) is 3.66. The monoisotopic (exact) mass is 279 g/mol. The molecule has 1 aliphatic heterocycles. The highest BCUT2D eigenvalue weighted by atomic mass is 19.1. The number of benzene rings is 1. The van der Waals surface area contributed by atoms with Gasteiger partial charge in [-0.05, 0) is 44.0 Å². The fraction of sp³-hybridized carbons (Fsp3) is 0.562. The normalized spacial score (nSPS) is 22.6. The molecule has 1 aromatic carbocycles. The number of methoxy groups -OCH3 is 1. The summed E-state index contributed by atoms with van der Waals surface area (Å²) in [6.45, 7) is 3.72. The molecule has 1 N–H and O–H groups in total. The number of piperidine rings is 1. The van der Waals surface area contributed by atoms with E-state index in [2.05, 4.69) is 12.2 Å². The van der Waals surface area contributed by atoms with Crippen LogP contribution >= 0.6 is 0 Å². The van der Waals surface area contributed by atoms with E-state index in [1.165, 1.54) is 19.2 Å². The largest absolute Gasteiger partial charge is 0.494 e. The third-order valence-electron chi connectivity index (χ3n) is 4.10. The van der Waals surface area contributed by atoms with Gasteiger partial charge in [-0.1, -0.05) is 13.3 Å². The lowest BCUT2D eigenvalue weighted by Crippen LogP contribution is -2.45. The van der Waals surface area contributed by atoms with Crippen molar-refractivity contribution in [3.63, 3.8) is 0 Å². The first kappa shape index (κ1) is 15.0. The zero-order valence-electron chi connectivity index (χ0n) is 12.2. The van der Waals surface area contributed by atoms with Gasteiger partial charge >= 0.3 is 0 Å². The number of ether oxygens (including phenoxy) is 1. The van der Waals surface area contributed by atoms with Crippen molar-refractivity contribution in [3.05, 3.63) is 29.6 Å². The van der Waals surface area contributed by atoms with Crippen molar-refractivity contribution in [3.8, 4) is 5.75 Å². The van der Waals surface area contributed by atoms with Gasteiger partial charge in [0.2, 0.25) is 0 Å².